The molecule has 0 aliphatic carbocycles. The van der Waals surface area contributed by atoms with Crippen LogP contribution in [-0.2, 0) is 9.84 Å². The minimum atomic E-state index is -3.24. The molecule has 0 radical (unpaired) electrons. The first-order valence-electron chi connectivity index (χ1n) is 4.85. The van der Waals surface area contributed by atoms with Crippen LogP contribution in [0.3, 0.4) is 0 Å². The summed E-state index contributed by atoms with van der Waals surface area (Å²) in [6, 6.07) is 9.20. The van der Waals surface area contributed by atoms with Gasteiger partial charge in [-0.05, 0) is 35.0 Å². The van der Waals surface area contributed by atoms with Crippen molar-refractivity contribution in [2.75, 3.05) is 6.26 Å². The summed E-state index contributed by atoms with van der Waals surface area (Å²) in [6.45, 7) is 0. The number of fused-ring (bicyclic) bond motifs is 1. The second-order valence-electron chi connectivity index (χ2n) is 3.80. The zero-order chi connectivity index (χ0) is 12.6. The topological polar surface area (TPSA) is 71.4 Å². The van der Waals surface area contributed by atoms with Gasteiger partial charge < -0.3 is 5.11 Å². The number of carbonyl (C=O) groups is 1. The lowest BCUT2D eigenvalue weighted by Crippen LogP contribution is -1.98. The predicted octanol–water partition coefficient (Wildman–Crippen LogP) is 1.94. The molecule has 0 aliphatic rings. The first-order chi connectivity index (χ1) is 7.88. The molecule has 0 aromatic heterocycles. The fourth-order valence-electron chi connectivity index (χ4n) is 1.59. The lowest BCUT2D eigenvalue weighted by molar-refractivity contribution is 0.0697. The highest BCUT2D eigenvalue weighted by atomic mass is 32.2. The maximum absolute atomic E-state index is 11.4. The smallest absolute Gasteiger partial charge is 0.335 e. The molecule has 1 N–H and O–H groups in total. The van der Waals surface area contributed by atoms with Crippen molar-refractivity contribution in [3.63, 3.8) is 0 Å². The number of rotatable bonds is 2. The molecule has 2 rings (SSSR count). The zero-order valence-corrected chi connectivity index (χ0v) is 9.86. The van der Waals surface area contributed by atoms with Gasteiger partial charge in [-0.25, -0.2) is 13.2 Å². The van der Waals surface area contributed by atoms with Crippen LogP contribution in [0.2, 0.25) is 0 Å². The van der Waals surface area contributed by atoms with E-state index in [0.29, 0.717) is 10.8 Å². The number of hydrogen-bond donors (Lipinski definition) is 1. The van der Waals surface area contributed by atoms with Crippen LogP contribution in [-0.4, -0.2) is 25.7 Å². The summed E-state index contributed by atoms with van der Waals surface area (Å²) in [5.74, 6) is -1.00. The molecule has 0 atom stereocenters. The first-order valence-corrected chi connectivity index (χ1v) is 6.74. The normalized spacial score (nSPS) is 11.6. The van der Waals surface area contributed by atoms with Crippen molar-refractivity contribution in [1.82, 2.24) is 0 Å². The highest BCUT2D eigenvalue weighted by Gasteiger charge is 2.09. The van der Waals surface area contributed by atoms with E-state index in [0.717, 1.165) is 6.26 Å². The Morgan fingerprint density at radius 1 is 1.06 bits per heavy atom. The number of carboxylic acid groups (broad SMARTS) is 1. The van der Waals surface area contributed by atoms with Crippen LogP contribution >= 0.6 is 0 Å². The Morgan fingerprint density at radius 2 is 1.65 bits per heavy atom. The summed E-state index contributed by atoms with van der Waals surface area (Å²) in [5.41, 5.74) is 0.185. The number of sulfone groups is 1. The van der Waals surface area contributed by atoms with Crippen LogP contribution < -0.4 is 0 Å². The van der Waals surface area contributed by atoms with E-state index in [-0.39, 0.29) is 10.5 Å². The van der Waals surface area contributed by atoms with Gasteiger partial charge in [-0.3, -0.25) is 0 Å². The Balaban J connectivity index is 2.66. The van der Waals surface area contributed by atoms with Gasteiger partial charge in [0.25, 0.3) is 0 Å². The van der Waals surface area contributed by atoms with Gasteiger partial charge >= 0.3 is 5.97 Å². The van der Waals surface area contributed by atoms with E-state index < -0.39 is 15.8 Å². The van der Waals surface area contributed by atoms with Gasteiger partial charge in [0.15, 0.2) is 9.84 Å². The SMILES string of the molecule is CS(=O)(=O)c1ccc2cc(C(=O)O)ccc2c1. The molecule has 4 nitrogen and oxygen atoms in total. The van der Waals surface area contributed by atoms with Crippen molar-refractivity contribution in [2.24, 2.45) is 0 Å². The average molecular weight is 250 g/mol. The molecule has 88 valence electrons. The van der Waals surface area contributed by atoms with Crippen LogP contribution in [0.4, 0.5) is 0 Å². The second kappa shape index (κ2) is 3.85. The molecule has 0 heterocycles. The van der Waals surface area contributed by atoms with E-state index in [2.05, 4.69) is 0 Å². The van der Waals surface area contributed by atoms with Crippen molar-refractivity contribution in [3.8, 4) is 0 Å². The van der Waals surface area contributed by atoms with E-state index in [1.165, 1.54) is 24.3 Å². The Labute approximate surface area is 98.4 Å². The Hall–Kier alpha value is -1.88. The van der Waals surface area contributed by atoms with Crippen molar-refractivity contribution in [1.29, 1.82) is 0 Å². The molecule has 0 saturated heterocycles. The van der Waals surface area contributed by atoms with E-state index in [1.807, 2.05) is 0 Å². The standard InChI is InChI=1S/C12H10O4S/c1-17(15,16)11-5-4-8-6-10(12(13)14)3-2-9(8)7-11/h2-7H,1H3,(H,13,14). The van der Waals surface area contributed by atoms with Crippen LogP contribution in [0, 0.1) is 0 Å². The molecule has 0 spiro atoms. The van der Waals surface area contributed by atoms with E-state index in [4.69, 9.17) is 5.11 Å². The van der Waals surface area contributed by atoms with Crippen molar-refractivity contribution < 1.29 is 18.3 Å². The van der Waals surface area contributed by atoms with Crippen LogP contribution in [0.5, 0.6) is 0 Å². The Bertz CT molecular complexity index is 702. The molecule has 5 heteroatoms. The van der Waals surface area contributed by atoms with Crippen molar-refractivity contribution in [3.05, 3.63) is 42.0 Å². The highest BCUT2D eigenvalue weighted by molar-refractivity contribution is 7.90. The summed E-state index contributed by atoms with van der Waals surface area (Å²) in [7, 11) is -3.24. The quantitative estimate of drug-likeness (QED) is 0.884. The van der Waals surface area contributed by atoms with E-state index >= 15 is 0 Å². The largest absolute Gasteiger partial charge is 0.478 e. The lowest BCUT2D eigenvalue weighted by Gasteiger charge is -2.03. The van der Waals surface area contributed by atoms with Gasteiger partial charge in [0.2, 0.25) is 0 Å². The fourth-order valence-corrected chi connectivity index (χ4v) is 2.24. The van der Waals surface area contributed by atoms with Gasteiger partial charge in [-0.2, -0.15) is 0 Å². The molecule has 0 amide bonds. The van der Waals surface area contributed by atoms with Gasteiger partial charge in [-0.15, -0.1) is 0 Å². The van der Waals surface area contributed by atoms with E-state index in [1.54, 1.807) is 12.1 Å². The first kappa shape index (κ1) is 11.6. The third-order valence-corrected chi connectivity index (χ3v) is 3.60. The molecule has 0 bridgehead atoms. The number of aromatic carboxylic acids is 1. The fraction of sp³-hybridized carbons (Fsp3) is 0.0833. The summed E-state index contributed by atoms with van der Waals surface area (Å²) in [6.07, 6.45) is 1.14. The predicted molar refractivity (Wildman–Crippen MR) is 64.0 cm³/mol. The van der Waals surface area contributed by atoms with E-state index in [9.17, 15) is 13.2 Å². The van der Waals surface area contributed by atoms with Crippen molar-refractivity contribution in [2.45, 2.75) is 4.90 Å². The minimum Gasteiger partial charge on any atom is -0.478 e. The highest BCUT2D eigenvalue weighted by Crippen LogP contribution is 2.20. The summed E-state index contributed by atoms with van der Waals surface area (Å²) in [4.78, 5) is 11.0. The molecule has 2 aromatic rings. The van der Waals surface area contributed by atoms with Crippen LogP contribution in [0.15, 0.2) is 41.3 Å². The number of carboxylic acids is 1. The van der Waals surface area contributed by atoms with Gasteiger partial charge in [0.05, 0.1) is 10.5 Å². The minimum absolute atomic E-state index is 0.185. The summed E-state index contributed by atoms with van der Waals surface area (Å²) in [5, 5.41) is 10.2. The molecular weight excluding hydrogens is 240 g/mol. The lowest BCUT2D eigenvalue weighted by atomic mass is 10.1. The van der Waals surface area contributed by atoms with Crippen LogP contribution in [0.1, 0.15) is 10.4 Å². The summed E-state index contributed by atoms with van der Waals surface area (Å²) < 4.78 is 22.7. The Kier molecular flexibility index (Phi) is 2.63. The third-order valence-electron chi connectivity index (χ3n) is 2.49. The number of benzene rings is 2. The Morgan fingerprint density at radius 3 is 2.24 bits per heavy atom. The molecule has 17 heavy (non-hydrogen) atoms. The molecular formula is C12H10O4S. The number of hydrogen-bond acceptors (Lipinski definition) is 3. The third kappa shape index (κ3) is 2.29. The monoisotopic (exact) mass is 250 g/mol. The molecule has 0 saturated carbocycles. The average Bonchev–Trinajstić information content (AvgIpc) is 2.26. The zero-order valence-electron chi connectivity index (χ0n) is 9.04. The molecule has 0 fully saturated rings. The summed E-state index contributed by atoms with van der Waals surface area (Å²) >= 11 is 0. The van der Waals surface area contributed by atoms with Crippen molar-refractivity contribution >= 4 is 26.6 Å². The molecule has 0 aliphatic heterocycles. The van der Waals surface area contributed by atoms with Gasteiger partial charge in [0.1, 0.15) is 0 Å². The molecule has 2 aromatic carbocycles. The maximum atomic E-state index is 11.4. The van der Waals surface area contributed by atoms with Crippen LogP contribution in [0.25, 0.3) is 10.8 Å². The molecule has 0 unspecified atom stereocenters. The second-order valence-corrected chi connectivity index (χ2v) is 5.82. The maximum Gasteiger partial charge on any atom is 0.335 e. The van der Waals surface area contributed by atoms with Gasteiger partial charge in [0, 0.05) is 6.26 Å². The van der Waals surface area contributed by atoms with Gasteiger partial charge in [-0.1, -0.05) is 12.1 Å².